The summed E-state index contributed by atoms with van der Waals surface area (Å²) in [5.74, 6) is 0. The van der Waals surface area contributed by atoms with Crippen LogP contribution in [0.3, 0.4) is 0 Å². The third-order valence-electron chi connectivity index (χ3n) is 2.12. The molecular weight excluding hydrogens is 198 g/mol. The highest BCUT2D eigenvalue weighted by molar-refractivity contribution is 5.63. The highest BCUT2D eigenvalue weighted by Gasteiger charge is 2.28. The fourth-order valence-corrected chi connectivity index (χ4v) is 1.07. The monoisotopic (exact) mass is 219 g/mol. The van der Waals surface area contributed by atoms with Crippen LogP contribution in [0.2, 0.25) is 0 Å². The molecule has 5 nitrogen and oxygen atoms in total. The number of hydrogen-bond donors (Lipinski definition) is 4. The van der Waals surface area contributed by atoms with Gasteiger partial charge in [-0.2, -0.15) is 0 Å². The zero-order valence-electron chi connectivity index (χ0n) is 9.24. The van der Waals surface area contributed by atoms with E-state index in [-0.39, 0.29) is 0 Å². The zero-order chi connectivity index (χ0) is 11.8. The van der Waals surface area contributed by atoms with Gasteiger partial charge in [0.25, 0.3) is 0 Å². The van der Waals surface area contributed by atoms with Gasteiger partial charge in [0.05, 0.1) is 6.10 Å². The summed E-state index contributed by atoms with van der Waals surface area (Å²) in [5, 5.41) is 37.5. The highest BCUT2D eigenvalue weighted by Crippen LogP contribution is 2.06. The Balaban J connectivity index is 4.12. The summed E-state index contributed by atoms with van der Waals surface area (Å²) in [5.41, 5.74) is 0. The lowest BCUT2D eigenvalue weighted by molar-refractivity contribution is -0.0882. The van der Waals surface area contributed by atoms with Gasteiger partial charge in [0.15, 0.2) is 0 Å². The molecule has 0 fully saturated rings. The molecule has 0 saturated heterocycles. The number of nitrogens with zero attached hydrogens (tertiary/aromatic N) is 1. The minimum Gasteiger partial charge on any atom is -0.390 e. The van der Waals surface area contributed by atoms with Gasteiger partial charge in [-0.3, -0.25) is 4.99 Å². The number of aliphatic imine (C=N–C) groups is 1. The molecular formula is C10H21NO4. The van der Waals surface area contributed by atoms with Gasteiger partial charge >= 0.3 is 0 Å². The van der Waals surface area contributed by atoms with Crippen LogP contribution in [0.1, 0.15) is 26.7 Å². The Labute approximate surface area is 90.1 Å². The molecule has 0 radical (unpaired) electrons. The first-order valence-electron chi connectivity index (χ1n) is 5.26. The molecule has 0 aromatic rings. The molecule has 0 aromatic heterocycles. The summed E-state index contributed by atoms with van der Waals surface area (Å²) in [4.78, 5) is 3.85. The quantitative estimate of drug-likeness (QED) is 0.427. The van der Waals surface area contributed by atoms with Crippen molar-refractivity contribution in [3.05, 3.63) is 0 Å². The maximum atomic E-state index is 9.44. The average molecular weight is 219 g/mol. The van der Waals surface area contributed by atoms with Crippen molar-refractivity contribution in [1.82, 2.24) is 0 Å². The molecule has 15 heavy (non-hydrogen) atoms. The molecule has 0 aromatic carbocycles. The van der Waals surface area contributed by atoms with E-state index in [0.29, 0.717) is 13.0 Å². The van der Waals surface area contributed by atoms with Crippen LogP contribution in [0.25, 0.3) is 0 Å². The fourth-order valence-electron chi connectivity index (χ4n) is 1.07. The molecule has 0 rings (SSSR count). The maximum Gasteiger partial charge on any atom is 0.117 e. The van der Waals surface area contributed by atoms with Gasteiger partial charge in [-0.25, -0.2) is 0 Å². The van der Waals surface area contributed by atoms with Gasteiger partial charge in [-0.1, -0.05) is 13.8 Å². The van der Waals surface area contributed by atoms with Crippen molar-refractivity contribution >= 4 is 6.21 Å². The van der Waals surface area contributed by atoms with E-state index in [1.165, 1.54) is 6.21 Å². The zero-order valence-corrected chi connectivity index (χ0v) is 9.24. The Bertz CT molecular complexity index is 186. The van der Waals surface area contributed by atoms with Crippen LogP contribution < -0.4 is 0 Å². The second kappa shape index (κ2) is 7.76. The number of aliphatic hydroxyl groups excluding tert-OH is 4. The molecule has 0 aliphatic rings. The highest BCUT2D eigenvalue weighted by atomic mass is 16.4. The van der Waals surface area contributed by atoms with Gasteiger partial charge < -0.3 is 20.4 Å². The van der Waals surface area contributed by atoms with Crippen LogP contribution in [0.4, 0.5) is 0 Å². The van der Waals surface area contributed by atoms with Crippen LogP contribution in [0, 0.1) is 0 Å². The number of hydrogen-bond acceptors (Lipinski definition) is 5. The molecule has 5 heteroatoms. The van der Waals surface area contributed by atoms with E-state index < -0.39 is 24.4 Å². The maximum absolute atomic E-state index is 9.44. The summed E-state index contributed by atoms with van der Waals surface area (Å²) in [7, 11) is 0. The topological polar surface area (TPSA) is 93.3 Å². The molecule has 0 heterocycles. The van der Waals surface area contributed by atoms with Crippen molar-refractivity contribution in [3.63, 3.8) is 0 Å². The van der Waals surface area contributed by atoms with Crippen LogP contribution in [-0.2, 0) is 0 Å². The van der Waals surface area contributed by atoms with Crippen molar-refractivity contribution < 1.29 is 20.4 Å². The molecule has 0 spiro atoms. The Morgan fingerprint density at radius 1 is 1.07 bits per heavy atom. The van der Waals surface area contributed by atoms with Crippen molar-refractivity contribution in [3.8, 4) is 0 Å². The summed E-state index contributed by atoms with van der Waals surface area (Å²) in [6.07, 6.45) is -2.67. The summed E-state index contributed by atoms with van der Waals surface area (Å²) in [6.45, 7) is 4.18. The smallest absolute Gasteiger partial charge is 0.117 e. The van der Waals surface area contributed by atoms with Crippen LogP contribution in [0.5, 0.6) is 0 Å². The first kappa shape index (κ1) is 14.5. The van der Waals surface area contributed by atoms with Crippen molar-refractivity contribution in [1.29, 1.82) is 0 Å². The predicted octanol–water partition coefficient (Wildman–Crippen LogP) is -0.679. The van der Waals surface area contributed by atoms with Crippen LogP contribution in [-0.4, -0.2) is 57.6 Å². The summed E-state index contributed by atoms with van der Waals surface area (Å²) >= 11 is 0. The molecule has 0 amide bonds. The Morgan fingerprint density at radius 2 is 1.67 bits per heavy atom. The Hall–Kier alpha value is -0.490. The van der Waals surface area contributed by atoms with E-state index in [2.05, 4.69) is 4.99 Å². The summed E-state index contributed by atoms with van der Waals surface area (Å²) < 4.78 is 0. The van der Waals surface area contributed by atoms with Gasteiger partial charge in [0.1, 0.15) is 18.3 Å². The van der Waals surface area contributed by atoms with Gasteiger partial charge in [-0.05, 0) is 12.8 Å². The molecule has 4 N–H and O–H groups in total. The normalized spacial score (nSPS) is 20.1. The lowest BCUT2D eigenvalue weighted by atomic mass is 10.0. The largest absolute Gasteiger partial charge is 0.390 e. The molecule has 0 aliphatic carbocycles. The molecule has 4 atom stereocenters. The number of rotatable bonds is 7. The lowest BCUT2D eigenvalue weighted by Gasteiger charge is -2.23. The van der Waals surface area contributed by atoms with Gasteiger partial charge in [-0.15, -0.1) is 0 Å². The van der Waals surface area contributed by atoms with Gasteiger partial charge in [0.2, 0.25) is 0 Å². The third-order valence-corrected chi connectivity index (χ3v) is 2.12. The van der Waals surface area contributed by atoms with Crippen LogP contribution in [0.15, 0.2) is 4.99 Å². The molecule has 0 aliphatic heterocycles. The van der Waals surface area contributed by atoms with Crippen LogP contribution >= 0.6 is 0 Å². The first-order chi connectivity index (χ1) is 7.04. The molecule has 0 saturated carbocycles. The molecule has 0 bridgehead atoms. The lowest BCUT2D eigenvalue weighted by Crippen LogP contribution is -2.44. The fraction of sp³-hybridized carbons (Fsp3) is 0.900. The predicted molar refractivity (Wildman–Crippen MR) is 58.0 cm³/mol. The van der Waals surface area contributed by atoms with Crippen molar-refractivity contribution in [2.24, 2.45) is 4.99 Å². The molecule has 2 unspecified atom stereocenters. The van der Waals surface area contributed by atoms with E-state index in [9.17, 15) is 20.4 Å². The van der Waals surface area contributed by atoms with E-state index in [0.717, 1.165) is 6.42 Å². The first-order valence-corrected chi connectivity index (χ1v) is 5.26. The minimum absolute atomic E-state index is 0.317. The Morgan fingerprint density at radius 3 is 2.13 bits per heavy atom. The third kappa shape index (κ3) is 5.22. The van der Waals surface area contributed by atoms with E-state index in [1.54, 1.807) is 6.92 Å². The van der Waals surface area contributed by atoms with Crippen molar-refractivity contribution in [2.75, 3.05) is 6.54 Å². The second-order valence-electron chi connectivity index (χ2n) is 3.50. The second-order valence-corrected chi connectivity index (χ2v) is 3.50. The standard InChI is InChI=1S/C10H21NO4/c1-3-5-11-6-8(13)10(15)9(14)7(12)4-2/h6-10,12-15H,3-5H2,1-2H3/t7?,8?,9-,10+/m1/s1. The average Bonchev–Trinajstić information content (AvgIpc) is 2.26. The SMILES string of the molecule is CCCN=CC(O)[C@H](O)[C@H](O)C(O)CC. The van der Waals surface area contributed by atoms with E-state index >= 15 is 0 Å². The molecule has 90 valence electrons. The van der Waals surface area contributed by atoms with E-state index in [4.69, 9.17) is 0 Å². The minimum atomic E-state index is -1.40. The van der Waals surface area contributed by atoms with E-state index in [1.807, 2.05) is 6.92 Å². The summed E-state index contributed by atoms with van der Waals surface area (Å²) in [6, 6.07) is 0. The van der Waals surface area contributed by atoms with Gasteiger partial charge in [0, 0.05) is 12.8 Å². The number of aliphatic hydroxyl groups is 4. The Kier molecular flexibility index (Phi) is 7.50. The van der Waals surface area contributed by atoms with Crippen molar-refractivity contribution in [2.45, 2.75) is 51.1 Å².